The molecule has 1 rings (SSSR count). The highest BCUT2D eigenvalue weighted by Gasteiger charge is 2.05. The topological polar surface area (TPSA) is 55.1 Å². The molecule has 0 saturated carbocycles. The predicted octanol–water partition coefficient (Wildman–Crippen LogP) is 0.331. The number of hydrogen-bond acceptors (Lipinski definition) is 3. The van der Waals surface area contributed by atoms with Crippen LogP contribution in [0.3, 0.4) is 0 Å². The van der Waals surface area contributed by atoms with Crippen molar-refractivity contribution in [2.45, 2.75) is 0 Å². The first-order chi connectivity index (χ1) is 4.84. The van der Waals surface area contributed by atoms with E-state index in [-0.39, 0.29) is 5.69 Å². The number of carbonyl (C=O) groups is 1. The van der Waals surface area contributed by atoms with Gasteiger partial charge in [-0.15, -0.1) is 0 Å². The van der Waals surface area contributed by atoms with Crippen molar-refractivity contribution in [3.63, 3.8) is 0 Å². The van der Waals surface area contributed by atoms with Gasteiger partial charge >= 0.3 is 0 Å². The Labute approximate surface area is 56.1 Å². The molecule has 0 spiro atoms. The van der Waals surface area contributed by atoms with E-state index in [0.717, 1.165) is 12.7 Å². The van der Waals surface area contributed by atoms with Crippen molar-refractivity contribution >= 4 is 5.91 Å². The quantitative estimate of drug-likeness (QED) is 0.608. The van der Waals surface area contributed by atoms with Crippen LogP contribution in [0.5, 0.6) is 0 Å². The van der Waals surface area contributed by atoms with E-state index >= 15 is 0 Å². The van der Waals surface area contributed by atoms with Crippen molar-refractivity contribution in [3.05, 3.63) is 18.4 Å². The number of alkyl halides is 1. The lowest BCUT2D eigenvalue weighted by Crippen LogP contribution is -2.22. The summed E-state index contributed by atoms with van der Waals surface area (Å²) >= 11 is 0. The Morgan fingerprint density at radius 3 is 3.20 bits per heavy atom. The highest BCUT2D eigenvalue weighted by molar-refractivity contribution is 5.91. The molecule has 1 N–H and O–H groups in total. The number of hydrogen-bond donors (Lipinski definition) is 1. The zero-order chi connectivity index (χ0) is 7.40. The maximum Gasteiger partial charge on any atom is 0.275 e. The van der Waals surface area contributed by atoms with E-state index in [1.165, 1.54) is 0 Å². The predicted molar refractivity (Wildman–Crippen MR) is 29.9 cm³/mol. The summed E-state index contributed by atoms with van der Waals surface area (Å²) in [5.41, 5.74) is 0.0812. The fraction of sp³-hybridized carbons (Fsp3) is 0.200. The van der Waals surface area contributed by atoms with Gasteiger partial charge in [-0.05, 0) is 0 Å². The van der Waals surface area contributed by atoms with Gasteiger partial charge < -0.3 is 9.73 Å². The number of oxazole rings is 1. The van der Waals surface area contributed by atoms with Crippen molar-refractivity contribution < 1.29 is 13.6 Å². The summed E-state index contributed by atoms with van der Waals surface area (Å²) in [4.78, 5) is 14.1. The van der Waals surface area contributed by atoms with Crippen LogP contribution in [0.1, 0.15) is 10.5 Å². The number of aromatic nitrogens is 1. The second-order valence-electron chi connectivity index (χ2n) is 1.51. The van der Waals surface area contributed by atoms with Crippen molar-refractivity contribution in [3.8, 4) is 0 Å². The average Bonchev–Trinajstić information content (AvgIpc) is 2.38. The van der Waals surface area contributed by atoms with Gasteiger partial charge in [0.05, 0.1) is 0 Å². The summed E-state index contributed by atoms with van der Waals surface area (Å²) in [6, 6.07) is 0. The van der Waals surface area contributed by atoms with Gasteiger partial charge in [0.2, 0.25) is 0 Å². The van der Waals surface area contributed by atoms with Gasteiger partial charge in [-0.3, -0.25) is 4.79 Å². The zero-order valence-corrected chi connectivity index (χ0v) is 5.00. The molecule has 4 nitrogen and oxygen atoms in total. The van der Waals surface area contributed by atoms with Crippen LogP contribution in [0.2, 0.25) is 0 Å². The highest BCUT2D eigenvalue weighted by Crippen LogP contribution is 1.92. The SMILES string of the molecule is O=C(NCF)c1cocn1. The van der Waals surface area contributed by atoms with Crippen LogP contribution in [0.4, 0.5) is 4.39 Å². The van der Waals surface area contributed by atoms with Crippen molar-refractivity contribution in [2.24, 2.45) is 0 Å². The first-order valence-electron chi connectivity index (χ1n) is 2.57. The lowest BCUT2D eigenvalue weighted by Gasteiger charge is -1.92. The van der Waals surface area contributed by atoms with E-state index in [4.69, 9.17) is 0 Å². The number of amides is 1. The lowest BCUT2D eigenvalue weighted by atomic mass is 10.5. The molecule has 1 aromatic heterocycles. The van der Waals surface area contributed by atoms with E-state index in [2.05, 4.69) is 9.40 Å². The van der Waals surface area contributed by atoms with Gasteiger partial charge in [-0.25, -0.2) is 9.37 Å². The summed E-state index contributed by atoms with van der Waals surface area (Å²) in [5, 5.41) is 1.92. The van der Waals surface area contributed by atoms with Crippen molar-refractivity contribution in [1.29, 1.82) is 0 Å². The fourth-order valence-corrected chi connectivity index (χ4v) is 0.476. The summed E-state index contributed by atoms with van der Waals surface area (Å²) in [6.45, 7) is -0.897. The molecule has 5 heteroatoms. The summed E-state index contributed by atoms with van der Waals surface area (Å²) in [7, 11) is 0. The Balaban J connectivity index is 2.59. The fourth-order valence-electron chi connectivity index (χ4n) is 0.476. The number of carbonyl (C=O) groups excluding carboxylic acids is 1. The number of halogens is 1. The Bertz CT molecular complexity index is 209. The van der Waals surface area contributed by atoms with Crippen LogP contribution in [0.25, 0.3) is 0 Å². The molecule has 0 aromatic carbocycles. The lowest BCUT2D eigenvalue weighted by molar-refractivity contribution is 0.0932. The van der Waals surface area contributed by atoms with Crippen LogP contribution in [0, 0.1) is 0 Å². The Hall–Kier alpha value is -1.39. The van der Waals surface area contributed by atoms with E-state index in [9.17, 15) is 9.18 Å². The van der Waals surface area contributed by atoms with Crippen LogP contribution in [-0.4, -0.2) is 17.7 Å². The molecule has 0 saturated heterocycles. The molecule has 0 atom stereocenters. The smallest absolute Gasteiger partial charge is 0.275 e. The third-order valence-electron chi connectivity index (χ3n) is 0.892. The molecule has 1 aromatic rings. The van der Waals surface area contributed by atoms with E-state index in [1.54, 1.807) is 0 Å². The molecule has 10 heavy (non-hydrogen) atoms. The van der Waals surface area contributed by atoms with Crippen molar-refractivity contribution in [2.75, 3.05) is 6.80 Å². The molecule has 0 aliphatic heterocycles. The van der Waals surface area contributed by atoms with Gasteiger partial charge in [-0.1, -0.05) is 0 Å². The Morgan fingerprint density at radius 2 is 2.70 bits per heavy atom. The largest absolute Gasteiger partial charge is 0.451 e. The summed E-state index contributed by atoms with van der Waals surface area (Å²) < 4.78 is 15.9. The normalized spacial score (nSPS) is 9.30. The van der Waals surface area contributed by atoms with Crippen LogP contribution in [-0.2, 0) is 0 Å². The van der Waals surface area contributed by atoms with E-state index in [0.29, 0.717) is 0 Å². The second-order valence-corrected chi connectivity index (χ2v) is 1.51. The molecule has 0 aliphatic carbocycles. The first-order valence-corrected chi connectivity index (χ1v) is 2.57. The monoisotopic (exact) mass is 144 g/mol. The Morgan fingerprint density at radius 1 is 1.90 bits per heavy atom. The van der Waals surface area contributed by atoms with Crippen LogP contribution >= 0.6 is 0 Å². The minimum atomic E-state index is -0.897. The van der Waals surface area contributed by atoms with Gasteiger partial charge in [0.25, 0.3) is 5.91 Å². The summed E-state index contributed by atoms with van der Waals surface area (Å²) in [5.74, 6) is -0.573. The third kappa shape index (κ3) is 1.31. The number of nitrogens with one attached hydrogen (secondary N) is 1. The molecule has 0 aliphatic rings. The zero-order valence-electron chi connectivity index (χ0n) is 5.00. The molecule has 0 radical (unpaired) electrons. The molecule has 0 bridgehead atoms. The van der Waals surface area contributed by atoms with Crippen LogP contribution < -0.4 is 5.32 Å². The van der Waals surface area contributed by atoms with Crippen molar-refractivity contribution in [1.82, 2.24) is 10.3 Å². The molecular formula is C5H5FN2O2. The molecule has 1 heterocycles. The molecule has 0 fully saturated rings. The van der Waals surface area contributed by atoms with Crippen LogP contribution in [0.15, 0.2) is 17.1 Å². The molecular weight excluding hydrogens is 139 g/mol. The highest BCUT2D eigenvalue weighted by atomic mass is 19.1. The molecule has 1 amide bonds. The molecule has 0 unspecified atom stereocenters. The average molecular weight is 144 g/mol. The van der Waals surface area contributed by atoms with E-state index < -0.39 is 12.7 Å². The van der Waals surface area contributed by atoms with Gasteiger partial charge in [0.15, 0.2) is 18.9 Å². The summed E-state index contributed by atoms with van der Waals surface area (Å²) in [6.07, 6.45) is 2.25. The number of nitrogens with zero attached hydrogens (tertiary/aromatic N) is 1. The first kappa shape index (κ1) is 6.73. The number of rotatable bonds is 2. The second kappa shape index (κ2) is 2.95. The maximum atomic E-state index is 11.4. The van der Waals surface area contributed by atoms with E-state index in [1.807, 2.05) is 5.32 Å². The molecule has 54 valence electrons. The van der Waals surface area contributed by atoms with Gasteiger partial charge in [0, 0.05) is 0 Å². The minimum absolute atomic E-state index is 0.0812. The minimum Gasteiger partial charge on any atom is -0.451 e. The van der Waals surface area contributed by atoms with Gasteiger partial charge in [0.1, 0.15) is 6.26 Å². The standard InChI is InChI=1S/C5H5FN2O2/c6-2-7-5(9)4-1-10-3-8-4/h1,3H,2H2,(H,7,9). The van der Waals surface area contributed by atoms with Gasteiger partial charge in [-0.2, -0.15) is 0 Å². The maximum absolute atomic E-state index is 11.4. The Kier molecular flexibility index (Phi) is 1.99. The third-order valence-corrected chi connectivity index (χ3v) is 0.892.